The summed E-state index contributed by atoms with van der Waals surface area (Å²) in [6.45, 7) is 4.68. The average Bonchev–Trinajstić information content (AvgIpc) is 3.54. The normalized spacial score (nSPS) is 14.0. The third-order valence-corrected chi connectivity index (χ3v) is 8.72. The molecule has 1 nitrogen and oxygen atoms in total. The van der Waals surface area contributed by atoms with Crippen LogP contribution in [0, 0.1) is 0 Å². The number of hydrogen-bond donors (Lipinski definition) is 0. The van der Waals surface area contributed by atoms with E-state index in [-0.39, 0.29) is 5.41 Å². The second-order valence-corrected chi connectivity index (χ2v) is 11.5. The zero-order valence-corrected chi connectivity index (χ0v) is 21.4. The number of hydrogen-bond acceptors (Lipinski definition) is 1. The van der Waals surface area contributed by atoms with E-state index in [1.807, 2.05) is 0 Å². The van der Waals surface area contributed by atoms with Gasteiger partial charge in [-0.15, -0.1) is 11.3 Å². The minimum Gasteiger partial charge on any atom is -0.301 e. The maximum absolute atomic E-state index is 3.67. The van der Waals surface area contributed by atoms with Gasteiger partial charge in [0.15, 0.2) is 0 Å². The van der Waals surface area contributed by atoms with E-state index in [0.717, 1.165) is 4.47 Å². The Hall–Kier alpha value is -3.14. The first-order valence-corrected chi connectivity index (χ1v) is 13.2. The topological polar surface area (TPSA) is 4.93 Å². The molecule has 2 aromatic heterocycles. The molecule has 0 saturated carbocycles. The van der Waals surface area contributed by atoms with Gasteiger partial charge in [-0.1, -0.05) is 72.2 Å². The maximum atomic E-state index is 3.67. The monoisotopic (exact) mass is 519 g/mol. The molecule has 164 valence electrons. The van der Waals surface area contributed by atoms with E-state index in [1.54, 1.807) is 11.3 Å². The Kier molecular flexibility index (Phi) is 4.28. The third kappa shape index (κ3) is 2.77. The summed E-state index contributed by atoms with van der Waals surface area (Å²) >= 11 is 5.45. The van der Waals surface area contributed by atoms with Gasteiger partial charge in [-0.25, -0.2) is 0 Å². The van der Waals surface area contributed by atoms with Gasteiger partial charge in [0, 0.05) is 20.7 Å². The van der Waals surface area contributed by atoms with Crippen molar-refractivity contribution in [1.82, 2.24) is 4.57 Å². The Morgan fingerprint density at radius 3 is 2.21 bits per heavy atom. The molecule has 1 aliphatic rings. The molecule has 4 aromatic carbocycles. The van der Waals surface area contributed by atoms with Gasteiger partial charge in [0.05, 0.1) is 16.0 Å². The maximum Gasteiger partial charge on any atom is 0.0999 e. The summed E-state index contributed by atoms with van der Waals surface area (Å²) in [4.78, 5) is 0. The summed E-state index contributed by atoms with van der Waals surface area (Å²) < 4.78 is 3.53. The molecule has 0 saturated heterocycles. The van der Waals surface area contributed by atoms with Crippen LogP contribution >= 0.6 is 27.3 Å². The van der Waals surface area contributed by atoms with Crippen LogP contribution in [-0.4, -0.2) is 4.57 Å². The first-order chi connectivity index (χ1) is 16.5. The summed E-state index contributed by atoms with van der Waals surface area (Å²) in [5, 5.41) is 6.00. The molecule has 7 rings (SSSR count). The molecular formula is C31H22BrNS. The van der Waals surface area contributed by atoms with Crippen molar-refractivity contribution in [1.29, 1.82) is 0 Å². The Balaban J connectivity index is 1.43. The van der Waals surface area contributed by atoms with Crippen molar-refractivity contribution in [3.8, 4) is 27.3 Å². The molecule has 2 heterocycles. The second kappa shape index (κ2) is 7.18. The van der Waals surface area contributed by atoms with E-state index in [1.165, 1.54) is 60.2 Å². The lowest BCUT2D eigenvalue weighted by molar-refractivity contribution is 0.660. The first kappa shape index (κ1) is 20.3. The van der Waals surface area contributed by atoms with E-state index in [4.69, 9.17) is 0 Å². The molecule has 0 spiro atoms. The van der Waals surface area contributed by atoms with Crippen molar-refractivity contribution in [2.75, 3.05) is 0 Å². The molecule has 0 fully saturated rings. The van der Waals surface area contributed by atoms with Crippen molar-refractivity contribution in [3.63, 3.8) is 0 Å². The zero-order chi connectivity index (χ0) is 23.0. The summed E-state index contributed by atoms with van der Waals surface area (Å²) in [6.07, 6.45) is 0. The fraction of sp³-hybridized carbons (Fsp3) is 0.0968. The summed E-state index contributed by atoms with van der Waals surface area (Å²) in [5.74, 6) is 0. The van der Waals surface area contributed by atoms with Crippen LogP contribution in [0.25, 0.3) is 49.1 Å². The van der Waals surface area contributed by atoms with Crippen LogP contribution in [0.15, 0.2) is 101 Å². The number of benzene rings is 4. The van der Waals surface area contributed by atoms with Gasteiger partial charge in [-0.2, -0.15) is 0 Å². The molecule has 0 radical (unpaired) electrons. The van der Waals surface area contributed by atoms with Crippen molar-refractivity contribution in [2.24, 2.45) is 0 Å². The Labute approximate surface area is 211 Å². The van der Waals surface area contributed by atoms with Crippen LogP contribution < -0.4 is 0 Å². The number of rotatable bonds is 2. The lowest BCUT2D eigenvalue weighted by Gasteiger charge is -2.22. The smallest absolute Gasteiger partial charge is 0.0999 e. The van der Waals surface area contributed by atoms with E-state index in [9.17, 15) is 0 Å². The van der Waals surface area contributed by atoms with Crippen LogP contribution in [-0.2, 0) is 5.41 Å². The predicted molar refractivity (Wildman–Crippen MR) is 149 cm³/mol. The van der Waals surface area contributed by atoms with E-state index in [0.29, 0.717) is 0 Å². The number of para-hydroxylation sites is 1. The number of thiophene rings is 1. The summed E-state index contributed by atoms with van der Waals surface area (Å²) in [6, 6.07) is 33.7. The highest BCUT2D eigenvalue weighted by Gasteiger charge is 2.35. The van der Waals surface area contributed by atoms with Gasteiger partial charge in [-0.05, 0) is 87.3 Å². The van der Waals surface area contributed by atoms with Crippen LogP contribution in [0.5, 0.6) is 0 Å². The van der Waals surface area contributed by atoms with Crippen molar-refractivity contribution < 1.29 is 0 Å². The number of fused-ring (bicyclic) bond motifs is 6. The molecule has 0 aliphatic heterocycles. The highest BCUT2D eigenvalue weighted by atomic mass is 79.9. The second-order valence-electron chi connectivity index (χ2n) is 9.61. The summed E-state index contributed by atoms with van der Waals surface area (Å²) in [7, 11) is 0. The van der Waals surface area contributed by atoms with Crippen LogP contribution in [0.1, 0.15) is 25.0 Å². The molecule has 0 amide bonds. The lowest BCUT2D eigenvalue weighted by Crippen LogP contribution is -2.15. The van der Waals surface area contributed by atoms with Crippen LogP contribution in [0.2, 0.25) is 0 Å². The molecule has 6 aromatic rings. The quantitative estimate of drug-likeness (QED) is 0.214. The predicted octanol–water partition coefficient (Wildman–Crippen LogP) is 9.58. The molecule has 34 heavy (non-hydrogen) atoms. The minimum atomic E-state index is -0.0241. The van der Waals surface area contributed by atoms with Crippen molar-refractivity contribution in [3.05, 3.63) is 112 Å². The van der Waals surface area contributed by atoms with Gasteiger partial charge in [0.25, 0.3) is 0 Å². The fourth-order valence-corrected chi connectivity index (χ4v) is 6.79. The van der Waals surface area contributed by atoms with Gasteiger partial charge in [-0.3, -0.25) is 0 Å². The van der Waals surface area contributed by atoms with Crippen LogP contribution in [0.3, 0.4) is 0 Å². The van der Waals surface area contributed by atoms with Crippen molar-refractivity contribution >= 4 is 49.1 Å². The molecule has 0 bridgehead atoms. The zero-order valence-electron chi connectivity index (χ0n) is 19.0. The highest BCUT2D eigenvalue weighted by Crippen LogP contribution is 2.50. The molecule has 0 unspecified atom stereocenters. The molecule has 0 N–H and O–H groups in total. The SMILES string of the molecule is CC1(C)c2cc(Br)ccc2-c2ccc(-c3ccc4c(c3)c3ccccc3n4-c3cccs3)cc21. The third-order valence-electron chi connectivity index (χ3n) is 7.37. The lowest BCUT2D eigenvalue weighted by atomic mass is 9.81. The minimum absolute atomic E-state index is 0.0241. The van der Waals surface area contributed by atoms with E-state index in [2.05, 4.69) is 131 Å². The molecule has 3 heteroatoms. The first-order valence-electron chi connectivity index (χ1n) is 11.5. The Morgan fingerprint density at radius 1 is 0.676 bits per heavy atom. The molecule has 0 atom stereocenters. The number of nitrogens with zero attached hydrogens (tertiary/aromatic N) is 1. The van der Waals surface area contributed by atoms with E-state index >= 15 is 0 Å². The van der Waals surface area contributed by atoms with Crippen LogP contribution in [0.4, 0.5) is 0 Å². The van der Waals surface area contributed by atoms with Gasteiger partial charge in [0.1, 0.15) is 0 Å². The van der Waals surface area contributed by atoms with Gasteiger partial charge >= 0.3 is 0 Å². The van der Waals surface area contributed by atoms with Gasteiger partial charge < -0.3 is 4.57 Å². The average molecular weight is 520 g/mol. The number of aromatic nitrogens is 1. The fourth-order valence-electron chi connectivity index (χ4n) is 5.68. The van der Waals surface area contributed by atoms with Crippen molar-refractivity contribution in [2.45, 2.75) is 19.3 Å². The molecule has 1 aliphatic carbocycles. The Bertz CT molecular complexity index is 1740. The summed E-state index contributed by atoms with van der Waals surface area (Å²) in [5.41, 5.74) is 10.5. The Morgan fingerprint density at radius 2 is 1.38 bits per heavy atom. The van der Waals surface area contributed by atoms with Gasteiger partial charge in [0.2, 0.25) is 0 Å². The standard InChI is InChI=1S/C31H22BrNS/c1-31(2)26-17-20(9-12-22(26)23-13-11-21(32)18-27(23)31)19-10-14-29-25(16-19)24-6-3-4-7-28(24)33(29)30-8-5-15-34-30/h3-18H,1-2H3. The van der Waals surface area contributed by atoms with E-state index < -0.39 is 0 Å². The molecular weight excluding hydrogens is 498 g/mol. The largest absolute Gasteiger partial charge is 0.301 e. The number of halogens is 1. The highest BCUT2D eigenvalue weighted by molar-refractivity contribution is 9.10.